The minimum Gasteiger partial charge on any atom is -0.341 e. The molecule has 1 aliphatic carbocycles. The summed E-state index contributed by atoms with van der Waals surface area (Å²) in [5.41, 5.74) is 0. The van der Waals surface area contributed by atoms with Crippen molar-refractivity contribution < 1.29 is 4.79 Å². The molecule has 15 heavy (non-hydrogen) atoms. The number of hydrogen-bond acceptors (Lipinski definition) is 3. The van der Waals surface area contributed by atoms with E-state index in [1.54, 1.807) is 0 Å². The van der Waals surface area contributed by atoms with Crippen LogP contribution in [0.4, 0.5) is 0 Å². The summed E-state index contributed by atoms with van der Waals surface area (Å²) in [6.07, 6.45) is 3.65. The molecule has 1 saturated heterocycles. The Morgan fingerprint density at radius 2 is 2.20 bits per heavy atom. The molecule has 0 spiro atoms. The fourth-order valence-corrected chi connectivity index (χ4v) is 2.27. The highest BCUT2D eigenvalue weighted by molar-refractivity contribution is 5.82. The maximum atomic E-state index is 12.2. The molecule has 0 radical (unpaired) electrons. The summed E-state index contributed by atoms with van der Waals surface area (Å²) in [4.78, 5) is 16.3. The lowest BCUT2D eigenvalue weighted by molar-refractivity contribution is -0.139. The van der Waals surface area contributed by atoms with E-state index in [2.05, 4.69) is 10.2 Å². The Morgan fingerprint density at radius 1 is 1.47 bits per heavy atom. The normalized spacial score (nSPS) is 28.5. The number of hydrogen-bond donors (Lipinski definition) is 1. The number of piperazine rings is 1. The molecule has 2 fully saturated rings. The van der Waals surface area contributed by atoms with Crippen molar-refractivity contribution in [1.29, 1.82) is 0 Å². The molecule has 4 heteroatoms. The molecule has 86 valence electrons. The van der Waals surface area contributed by atoms with Crippen LogP contribution >= 0.6 is 0 Å². The van der Waals surface area contributed by atoms with E-state index in [0.29, 0.717) is 6.04 Å². The molecule has 0 aromatic rings. The van der Waals surface area contributed by atoms with Crippen molar-refractivity contribution in [3.05, 3.63) is 0 Å². The molecule has 1 atom stereocenters. The SMILES string of the molecule is CN1CCNCC1C(=O)N(C)C1CCC1. The van der Waals surface area contributed by atoms with Gasteiger partial charge in [-0.2, -0.15) is 0 Å². The summed E-state index contributed by atoms with van der Waals surface area (Å²) in [5.74, 6) is 0.286. The van der Waals surface area contributed by atoms with Crippen LogP contribution in [0, 0.1) is 0 Å². The third-order valence-electron chi connectivity index (χ3n) is 3.77. The maximum absolute atomic E-state index is 12.2. The molecule has 1 saturated carbocycles. The van der Waals surface area contributed by atoms with Crippen molar-refractivity contribution in [3.8, 4) is 0 Å². The number of carbonyl (C=O) groups is 1. The number of nitrogens with zero attached hydrogens (tertiary/aromatic N) is 2. The van der Waals surface area contributed by atoms with Gasteiger partial charge in [0.15, 0.2) is 0 Å². The zero-order chi connectivity index (χ0) is 10.8. The van der Waals surface area contributed by atoms with Crippen molar-refractivity contribution >= 4 is 5.91 Å². The second kappa shape index (κ2) is 4.49. The van der Waals surface area contributed by atoms with Crippen LogP contribution in [0.2, 0.25) is 0 Å². The molecule has 0 aromatic carbocycles. The van der Waals surface area contributed by atoms with Gasteiger partial charge in [0.05, 0.1) is 0 Å². The first kappa shape index (κ1) is 10.9. The first-order valence-corrected chi connectivity index (χ1v) is 5.88. The first-order chi connectivity index (χ1) is 7.20. The van der Waals surface area contributed by atoms with Gasteiger partial charge in [-0.3, -0.25) is 9.69 Å². The lowest BCUT2D eigenvalue weighted by atomic mass is 9.91. The van der Waals surface area contributed by atoms with Crippen LogP contribution in [0.25, 0.3) is 0 Å². The smallest absolute Gasteiger partial charge is 0.241 e. The van der Waals surface area contributed by atoms with E-state index in [1.165, 1.54) is 19.3 Å². The van der Waals surface area contributed by atoms with Crippen LogP contribution in [0.3, 0.4) is 0 Å². The van der Waals surface area contributed by atoms with E-state index in [1.807, 2.05) is 19.0 Å². The summed E-state index contributed by atoms with van der Waals surface area (Å²) >= 11 is 0. The summed E-state index contributed by atoms with van der Waals surface area (Å²) in [6.45, 7) is 2.76. The van der Waals surface area contributed by atoms with Gasteiger partial charge in [0.25, 0.3) is 0 Å². The molecular weight excluding hydrogens is 190 g/mol. The summed E-state index contributed by atoms with van der Waals surface area (Å²) in [5, 5.41) is 3.29. The van der Waals surface area contributed by atoms with Gasteiger partial charge < -0.3 is 10.2 Å². The van der Waals surface area contributed by atoms with E-state index in [9.17, 15) is 4.79 Å². The Balaban J connectivity index is 1.92. The Kier molecular flexibility index (Phi) is 3.26. The van der Waals surface area contributed by atoms with Gasteiger partial charge in [-0.15, -0.1) is 0 Å². The predicted molar refractivity (Wildman–Crippen MR) is 59.7 cm³/mol. The fourth-order valence-electron chi connectivity index (χ4n) is 2.27. The average molecular weight is 211 g/mol. The molecule has 1 heterocycles. The van der Waals surface area contributed by atoms with Gasteiger partial charge in [0.2, 0.25) is 5.91 Å². The number of amides is 1. The number of rotatable bonds is 2. The Morgan fingerprint density at radius 3 is 2.73 bits per heavy atom. The maximum Gasteiger partial charge on any atom is 0.241 e. The van der Waals surface area contributed by atoms with Crippen molar-refractivity contribution in [2.75, 3.05) is 33.7 Å². The quantitative estimate of drug-likeness (QED) is 0.693. The second-order valence-electron chi connectivity index (χ2n) is 4.73. The third-order valence-corrected chi connectivity index (χ3v) is 3.77. The lowest BCUT2D eigenvalue weighted by Crippen LogP contribution is -2.58. The highest BCUT2D eigenvalue weighted by atomic mass is 16.2. The van der Waals surface area contributed by atoms with Gasteiger partial charge in [-0.25, -0.2) is 0 Å². The molecule has 2 aliphatic rings. The van der Waals surface area contributed by atoms with Gasteiger partial charge in [-0.05, 0) is 26.3 Å². The molecule has 1 unspecified atom stereocenters. The van der Waals surface area contributed by atoms with E-state index in [0.717, 1.165) is 19.6 Å². The summed E-state index contributed by atoms with van der Waals surface area (Å²) in [7, 11) is 3.99. The standard InChI is InChI=1S/C11H21N3O/c1-13-7-6-12-8-10(13)11(15)14(2)9-4-3-5-9/h9-10,12H,3-8H2,1-2H3. The van der Waals surface area contributed by atoms with E-state index in [4.69, 9.17) is 0 Å². The molecular formula is C11H21N3O. The predicted octanol–water partition coefficient (Wildman–Crippen LogP) is -0.0991. The van der Waals surface area contributed by atoms with Crippen molar-refractivity contribution in [1.82, 2.24) is 15.1 Å². The second-order valence-corrected chi connectivity index (χ2v) is 4.73. The van der Waals surface area contributed by atoms with Crippen LogP contribution in [0.15, 0.2) is 0 Å². The monoisotopic (exact) mass is 211 g/mol. The van der Waals surface area contributed by atoms with E-state index < -0.39 is 0 Å². The number of carbonyl (C=O) groups excluding carboxylic acids is 1. The zero-order valence-corrected chi connectivity index (χ0v) is 9.70. The summed E-state index contributed by atoms with van der Waals surface area (Å²) in [6, 6.07) is 0.553. The molecule has 0 bridgehead atoms. The molecule has 0 aromatic heterocycles. The van der Waals surface area contributed by atoms with Crippen LogP contribution < -0.4 is 5.32 Å². The van der Waals surface area contributed by atoms with Crippen LogP contribution in [0.5, 0.6) is 0 Å². The van der Waals surface area contributed by atoms with Crippen LogP contribution in [0.1, 0.15) is 19.3 Å². The van der Waals surface area contributed by atoms with Crippen molar-refractivity contribution in [2.24, 2.45) is 0 Å². The molecule has 1 amide bonds. The largest absolute Gasteiger partial charge is 0.341 e. The topological polar surface area (TPSA) is 35.6 Å². The van der Waals surface area contributed by atoms with Gasteiger partial charge in [-0.1, -0.05) is 0 Å². The molecule has 1 aliphatic heterocycles. The Labute approximate surface area is 91.6 Å². The van der Waals surface area contributed by atoms with Gasteiger partial charge in [0.1, 0.15) is 6.04 Å². The highest BCUT2D eigenvalue weighted by Gasteiger charge is 2.33. The minimum absolute atomic E-state index is 0.0457. The van der Waals surface area contributed by atoms with Crippen LogP contribution in [-0.2, 0) is 4.79 Å². The Hall–Kier alpha value is -0.610. The van der Waals surface area contributed by atoms with Gasteiger partial charge in [0, 0.05) is 32.7 Å². The van der Waals surface area contributed by atoms with Crippen molar-refractivity contribution in [3.63, 3.8) is 0 Å². The van der Waals surface area contributed by atoms with Gasteiger partial charge >= 0.3 is 0 Å². The lowest BCUT2D eigenvalue weighted by Gasteiger charge is -2.40. The zero-order valence-electron chi connectivity index (χ0n) is 9.70. The van der Waals surface area contributed by atoms with E-state index in [-0.39, 0.29) is 11.9 Å². The summed E-state index contributed by atoms with van der Waals surface area (Å²) < 4.78 is 0. The average Bonchev–Trinajstić information content (AvgIpc) is 2.15. The highest BCUT2D eigenvalue weighted by Crippen LogP contribution is 2.24. The number of nitrogens with one attached hydrogen (secondary N) is 1. The fraction of sp³-hybridized carbons (Fsp3) is 0.909. The van der Waals surface area contributed by atoms with Crippen molar-refractivity contribution in [2.45, 2.75) is 31.3 Å². The van der Waals surface area contributed by atoms with E-state index >= 15 is 0 Å². The minimum atomic E-state index is 0.0457. The first-order valence-electron chi connectivity index (χ1n) is 5.88. The molecule has 4 nitrogen and oxygen atoms in total. The molecule has 2 rings (SSSR count). The van der Waals surface area contributed by atoms with Crippen LogP contribution in [-0.4, -0.2) is 61.5 Å². The molecule has 1 N–H and O–H groups in total. The number of likely N-dealkylation sites (N-methyl/N-ethyl adjacent to an activating group) is 2. The third kappa shape index (κ3) is 2.16. The Bertz CT molecular complexity index is 240.